The van der Waals surface area contributed by atoms with E-state index in [1.165, 1.54) is 11.3 Å². The Morgan fingerprint density at radius 1 is 1.06 bits per heavy atom. The summed E-state index contributed by atoms with van der Waals surface area (Å²) in [5, 5.41) is 0. The van der Waals surface area contributed by atoms with Crippen molar-refractivity contribution in [1.82, 2.24) is 0 Å². The number of rotatable bonds is 3. The molecule has 0 aliphatic carbocycles. The van der Waals surface area contributed by atoms with Crippen LogP contribution in [0, 0.1) is 0 Å². The van der Waals surface area contributed by atoms with E-state index < -0.39 is 0 Å². The van der Waals surface area contributed by atoms with E-state index in [4.69, 9.17) is 0 Å². The Kier molecular flexibility index (Phi) is 3.95. The lowest BCUT2D eigenvalue weighted by Crippen LogP contribution is -2.00. The van der Waals surface area contributed by atoms with Crippen LogP contribution in [0.2, 0.25) is 0 Å². The molecule has 0 amide bonds. The van der Waals surface area contributed by atoms with Gasteiger partial charge < -0.3 is 0 Å². The van der Waals surface area contributed by atoms with E-state index in [0.29, 0.717) is 6.42 Å². The fourth-order valence-corrected chi connectivity index (χ4v) is 2.93. The first-order chi connectivity index (χ1) is 7.65. The minimum Gasteiger partial charge on any atom is -0.293 e. The van der Waals surface area contributed by atoms with E-state index in [2.05, 4.69) is 31.9 Å². The van der Waals surface area contributed by atoms with Crippen LogP contribution >= 0.6 is 43.2 Å². The van der Waals surface area contributed by atoms with Gasteiger partial charge in [-0.25, -0.2) is 0 Å². The van der Waals surface area contributed by atoms with E-state index in [-0.39, 0.29) is 5.78 Å². The summed E-state index contributed by atoms with van der Waals surface area (Å²) in [4.78, 5) is 12.7. The van der Waals surface area contributed by atoms with E-state index >= 15 is 0 Å². The Morgan fingerprint density at radius 2 is 1.75 bits per heavy atom. The third-order valence-corrected chi connectivity index (χ3v) is 4.32. The Hall–Kier alpha value is -0.450. The molecule has 1 heterocycles. The van der Waals surface area contributed by atoms with Gasteiger partial charge in [-0.2, -0.15) is 0 Å². The number of benzene rings is 1. The summed E-state index contributed by atoms with van der Waals surface area (Å²) < 4.78 is 2.02. The molecule has 2 aromatic rings. The quantitative estimate of drug-likeness (QED) is 0.726. The molecular formula is C12H8Br2OS. The average molecular weight is 360 g/mol. The third-order valence-electron chi connectivity index (χ3n) is 2.13. The Bertz CT molecular complexity index is 502. The van der Waals surface area contributed by atoms with Gasteiger partial charge in [0.05, 0.1) is 8.66 Å². The molecule has 0 aliphatic heterocycles. The fraction of sp³-hybridized carbons (Fsp3) is 0.0833. The van der Waals surface area contributed by atoms with Crippen molar-refractivity contribution in [3.05, 3.63) is 55.1 Å². The molecule has 0 bridgehead atoms. The standard InChI is InChI=1S/C12H8Br2OS/c13-9-3-1-8(2-4-9)7-10(15)11-5-6-12(14)16-11/h1-6H,7H2. The SMILES string of the molecule is O=C(Cc1ccc(Br)cc1)c1ccc(Br)s1. The van der Waals surface area contributed by atoms with Crippen LogP contribution in [0.1, 0.15) is 15.2 Å². The van der Waals surface area contributed by atoms with Gasteiger partial charge in [-0.1, -0.05) is 28.1 Å². The number of carbonyl (C=O) groups is 1. The zero-order valence-electron chi connectivity index (χ0n) is 8.24. The van der Waals surface area contributed by atoms with Crippen molar-refractivity contribution < 1.29 is 4.79 Å². The minimum absolute atomic E-state index is 0.165. The summed E-state index contributed by atoms with van der Waals surface area (Å²) in [6.45, 7) is 0. The highest BCUT2D eigenvalue weighted by Gasteiger charge is 2.09. The van der Waals surface area contributed by atoms with Gasteiger partial charge in [0, 0.05) is 10.9 Å². The van der Waals surface area contributed by atoms with E-state index in [9.17, 15) is 4.79 Å². The van der Waals surface area contributed by atoms with Crippen molar-refractivity contribution in [2.75, 3.05) is 0 Å². The number of Topliss-reactive ketones (excluding diaryl/α,β-unsaturated/α-hetero) is 1. The second-order valence-corrected chi connectivity index (χ2v) is 6.71. The molecule has 4 heteroatoms. The molecule has 0 atom stereocenters. The zero-order chi connectivity index (χ0) is 11.5. The minimum atomic E-state index is 0.165. The Balaban J connectivity index is 2.10. The summed E-state index contributed by atoms with van der Waals surface area (Å²) >= 11 is 8.20. The van der Waals surface area contributed by atoms with Crippen molar-refractivity contribution >= 4 is 49.0 Å². The van der Waals surface area contributed by atoms with E-state index in [1.807, 2.05) is 36.4 Å². The largest absolute Gasteiger partial charge is 0.293 e. The van der Waals surface area contributed by atoms with Gasteiger partial charge in [0.1, 0.15) is 0 Å². The molecule has 0 saturated carbocycles. The normalized spacial score (nSPS) is 10.4. The molecule has 1 nitrogen and oxygen atoms in total. The molecule has 2 rings (SSSR count). The highest BCUT2D eigenvalue weighted by Crippen LogP contribution is 2.23. The van der Waals surface area contributed by atoms with Gasteiger partial charge in [-0.3, -0.25) is 4.79 Å². The van der Waals surface area contributed by atoms with Gasteiger partial charge in [-0.15, -0.1) is 11.3 Å². The second-order valence-electron chi connectivity index (χ2n) is 3.33. The summed E-state index contributed by atoms with van der Waals surface area (Å²) in [5.74, 6) is 0.165. The van der Waals surface area contributed by atoms with Crippen LogP contribution in [0.25, 0.3) is 0 Å². The van der Waals surface area contributed by atoms with E-state index in [0.717, 1.165) is 18.7 Å². The predicted molar refractivity (Wildman–Crippen MR) is 74.2 cm³/mol. The molecule has 0 radical (unpaired) electrons. The number of hydrogen-bond acceptors (Lipinski definition) is 2. The maximum atomic E-state index is 11.9. The van der Waals surface area contributed by atoms with Gasteiger partial charge >= 0.3 is 0 Å². The summed E-state index contributed by atoms with van der Waals surface area (Å²) in [5.41, 5.74) is 1.04. The molecule has 0 fully saturated rings. The lowest BCUT2D eigenvalue weighted by atomic mass is 10.1. The van der Waals surface area contributed by atoms with Crippen LogP contribution in [0.5, 0.6) is 0 Å². The molecule has 0 aliphatic rings. The summed E-state index contributed by atoms with van der Waals surface area (Å²) in [6, 6.07) is 11.6. The first kappa shape index (κ1) is 12.0. The number of hydrogen-bond donors (Lipinski definition) is 0. The maximum Gasteiger partial charge on any atom is 0.177 e. The maximum absolute atomic E-state index is 11.9. The predicted octanol–water partition coefficient (Wildman–Crippen LogP) is 4.70. The highest BCUT2D eigenvalue weighted by atomic mass is 79.9. The topological polar surface area (TPSA) is 17.1 Å². The average Bonchev–Trinajstić information content (AvgIpc) is 2.68. The molecular weight excluding hydrogens is 352 g/mol. The molecule has 1 aromatic heterocycles. The van der Waals surface area contributed by atoms with E-state index in [1.54, 1.807) is 0 Å². The van der Waals surface area contributed by atoms with Crippen molar-refractivity contribution in [3.63, 3.8) is 0 Å². The number of halogens is 2. The molecule has 0 spiro atoms. The molecule has 82 valence electrons. The van der Waals surface area contributed by atoms with Crippen molar-refractivity contribution in [2.45, 2.75) is 6.42 Å². The number of ketones is 1. The smallest absolute Gasteiger partial charge is 0.177 e. The lowest BCUT2D eigenvalue weighted by Gasteiger charge is -1.99. The first-order valence-electron chi connectivity index (χ1n) is 4.68. The Morgan fingerprint density at radius 3 is 2.31 bits per heavy atom. The van der Waals surface area contributed by atoms with Gasteiger partial charge in [-0.05, 0) is 45.8 Å². The molecule has 0 saturated heterocycles. The van der Waals surface area contributed by atoms with Crippen LogP contribution in [0.3, 0.4) is 0 Å². The summed E-state index contributed by atoms with van der Waals surface area (Å²) in [7, 11) is 0. The molecule has 1 aromatic carbocycles. The molecule has 16 heavy (non-hydrogen) atoms. The second kappa shape index (κ2) is 5.25. The van der Waals surface area contributed by atoms with Gasteiger partial charge in [0.15, 0.2) is 5.78 Å². The van der Waals surface area contributed by atoms with Crippen LogP contribution in [-0.4, -0.2) is 5.78 Å². The van der Waals surface area contributed by atoms with Crippen molar-refractivity contribution in [1.29, 1.82) is 0 Å². The third kappa shape index (κ3) is 3.03. The van der Waals surface area contributed by atoms with Crippen LogP contribution in [0.4, 0.5) is 0 Å². The lowest BCUT2D eigenvalue weighted by molar-refractivity contribution is 0.0997. The number of carbonyl (C=O) groups excluding carboxylic acids is 1. The van der Waals surface area contributed by atoms with Gasteiger partial charge in [0.25, 0.3) is 0 Å². The molecule has 0 unspecified atom stereocenters. The first-order valence-corrected chi connectivity index (χ1v) is 7.08. The van der Waals surface area contributed by atoms with Gasteiger partial charge in [0.2, 0.25) is 0 Å². The summed E-state index contributed by atoms with van der Waals surface area (Å²) in [6.07, 6.45) is 0.459. The fourth-order valence-electron chi connectivity index (χ4n) is 1.34. The van der Waals surface area contributed by atoms with Crippen LogP contribution in [-0.2, 0) is 6.42 Å². The number of thiophene rings is 1. The van der Waals surface area contributed by atoms with Crippen molar-refractivity contribution in [2.24, 2.45) is 0 Å². The van der Waals surface area contributed by atoms with Crippen LogP contribution < -0.4 is 0 Å². The van der Waals surface area contributed by atoms with Crippen LogP contribution in [0.15, 0.2) is 44.7 Å². The highest BCUT2D eigenvalue weighted by molar-refractivity contribution is 9.11. The Labute approximate surface area is 115 Å². The molecule has 0 N–H and O–H groups in total. The monoisotopic (exact) mass is 358 g/mol. The zero-order valence-corrected chi connectivity index (χ0v) is 12.2. The van der Waals surface area contributed by atoms with Crippen molar-refractivity contribution in [3.8, 4) is 0 Å².